The molecule has 0 spiro atoms. The van der Waals surface area contributed by atoms with Crippen LogP contribution in [-0.2, 0) is 0 Å². The van der Waals surface area contributed by atoms with Crippen molar-refractivity contribution in [3.05, 3.63) is 243 Å². The molecule has 0 saturated heterocycles. The first-order valence-corrected chi connectivity index (χ1v) is 21.5. The lowest BCUT2D eigenvalue weighted by Crippen LogP contribution is -1.94. The fourth-order valence-electron chi connectivity index (χ4n) is 9.77. The molecule has 0 unspecified atom stereocenters. The number of hydrogen-bond donors (Lipinski definition) is 0. The largest absolute Gasteiger partial charge is 0.0622 e. The predicted octanol–water partition coefficient (Wildman–Crippen LogP) is 17.5. The van der Waals surface area contributed by atoms with Gasteiger partial charge in [-0.2, -0.15) is 0 Å². The third-order valence-electron chi connectivity index (χ3n) is 12.7. The molecule has 0 heterocycles. The van der Waals surface area contributed by atoms with Crippen LogP contribution in [0.1, 0.15) is 0 Å². The van der Waals surface area contributed by atoms with Crippen LogP contribution in [0, 0.1) is 0 Å². The number of hydrogen-bond acceptors (Lipinski definition) is 0. The van der Waals surface area contributed by atoms with Crippen LogP contribution in [0.4, 0.5) is 0 Å². The SMILES string of the molecule is c1ccc(-c2cc(-c3ccccc3)cc(-c3c4cc5ccccc5cc4c(-c4cc(-c5ccccc5)cc(-c5ccccc5)c4)c4cc5c(ccc6ccccc65)cc34)c2)cc1. The zero-order valence-corrected chi connectivity index (χ0v) is 34.1. The Bertz CT molecular complexity index is 3530. The van der Waals surface area contributed by atoms with Gasteiger partial charge in [0.1, 0.15) is 0 Å². The summed E-state index contributed by atoms with van der Waals surface area (Å²) in [5.74, 6) is 0. The van der Waals surface area contributed by atoms with Gasteiger partial charge in [0.05, 0.1) is 0 Å². The average molecular weight is 785 g/mol. The zero-order valence-electron chi connectivity index (χ0n) is 34.1. The summed E-state index contributed by atoms with van der Waals surface area (Å²) < 4.78 is 0. The van der Waals surface area contributed by atoms with E-state index in [9.17, 15) is 0 Å². The van der Waals surface area contributed by atoms with E-state index < -0.39 is 0 Å². The van der Waals surface area contributed by atoms with E-state index >= 15 is 0 Å². The van der Waals surface area contributed by atoms with Gasteiger partial charge in [0.25, 0.3) is 0 Å². The minimum atomic E-state index is 1.20. The Kier molecular flexibility index (Phi) is 8.61. The Hall–Kier alpha value is -8.06. The first kappa shape index (κ1) is 35.8. The molecule has 12 aromatic rings. The molecule has 12 rings (SSSR count). The summed E-state index contributed by atoms with van der Waals surface area (Å²) >= 11 is 0. The summed E-state index contributed by atoms with van der Waals surface area (Å²) in [6.45, 7) is 0. The Labute approximate surface area is 361 Å². The minimum absolute atomic E-state index is 1.20. The van der Waals surface area contributed by atoms with Gasteiger partial charge in [-0.05, 0) is 181 Å². The van der Waals surface area contributed by atoms with Crippen molar-refractivity contribution in [2.75, 3.05) is 0 Å². The highest BCUT2D eigenvalue weighted by Crippen LogP contribution is 2.49. The van der Waals surface area contributed by atoms with Crippen molar-refractivity contribution in [1.29, 1.82) is 0 Å². The van der Waals surface area contributed by atoms with E-state index in [2.05, 4.69) is 243 Å². The molecule has 0 N–H and O–H groups in total. The molecular weight excluding hydrogens is 745 g/mol. The molecule has 0 aromatic heterocycles. The van der Waals surface area contributed by atoms with E-state index in [1.165, 1.54) is 121 Å². The predicted molar refractivity (Wildman–Crippen MR) is 267 cm³/mol. The first-order chi connectivity index (χ1) is 30.7. The normalized spacial score (nSPS) is 11.5. The van der Waals surface area contributed by atoms with Gasteiger partial charge in [0.2, 0.25) is 0 Å². The van der Waals surface area contributed by atoms with Crippen molar-refractivity contribution in [3.63, 3.8) is 0 Å². The minimum Gasteiger partial charge on any atom is -0.0622 e. The van der Waals surface area contributed by atoms with Gasteiger partial charge < -0.3 is 0 Å². The topological polar surface area (TPSA) is 0 Å². The molecule has 0 fully saturated rings. The van der Waals surface area contributed by atoms with Crippen LogP contribution in [-0.4, -0.2) is 0 Å². The second kappa shape index (κ2) is 14.9. The van der Waals surface area contributed by atoms with Crippen LogP contribution >= 0.6 is 0 Å². The highest BCUT2D eigenvalue weighted by Gasteiger charge is 2.21. The van der Waals surface area contributed by atoms with Crippen molar-refractivity contribution in [2.45, 2.75) is 0 Å². The van der Waals surface area contributed by atoms with Crippen molar-refractivity contribution < 1.29 is 0 Å². The molecular formula is C62H40. The molecule has 12 aromatic carbocycles. The van der Waals surface area contributed by atoms with E-state index in [1.54, 1.807) is 0 Å². The summed E-state index contributed by atoms with van der Waals surface area (Å²) in [6, 6.07) is 89.8. The lowest BCUT2D eigenvalue weighted by Gasteiger charge is -2.22. The molecule has 0 aliphatic rings. The van der Waals surface area contributed by atoms with Crippen LogP contribution in [0.3, 0.4) is 0 Å². The maximum Gasteiger partial charge on any atom is -0.00255 e. The highest BCUT2D eigenvalue weighted by atomic mass is 14.2. The summed E-state index contributed by atoms with van der Waals surface area (Å²) in [4.78, 5) is 0. The molecule has 288 valence electrons. The first-order valence-electron chi connectivity index (χ1n) is 21.5. The lowest BCUT2D eigenvalue weighted by atomic mass is 9.81. The van der Waals surface area contributed by atoms with Gasteiger partial charge in [-0.3, -0.25) is 0 Å². The molecule has 0 aliphatic heterocycles. The van der Waals surface area contributed by atoms with E-state index in [-0.39, 0.29) is 0 Å². The van der Waals surface area contributed by atoms with Crippen LogP contribution < -0.4 is 0 Å². The van der Waals surface area contributed by atoms with E-state index in [1.807, 2.05) is 0 Å². The van der Waals surface area contributed by atoms with Gasteiger partial charge in [-0.1, -0.05) is 182 Å². The van der Waals surface area contributed by atoms with Crippen LogP contribution in [0.2, 0.25) is 0 Å². The molecule has 62 heavy (non-hydrogen) atoms. The summed E-state index contributed by atoms with van der Waals surface area (Å²) in [5.41, 5.74) is 14.5. The average Bonchev–Trinajstić information content (AvgIpc) is 3.35. The van der Waals surface area contributed by atoms with Crippen LogP contribution in [0.25, 0.3) is 121 Å². The second-order valence-corrected chi connectivity index (χ2v) is 16.5. The van der Waals surface area contributed by atoms with Crippen LogP contribution in [0.5, 0.6) is 0 Å². The summed E-state index contributed by atoms with van der Waals surface area (Å²) in [7, 11) is 0. The molecule has 0 nitrogen and oxygen atoms in total. The lowest BCUT2D eigenvalue weighted by molar-refractivity contribution is 1.58. The summed E-state index contributed by atoms with van der Waals surface area (Å²) in [6.07, 6.45) is 0. The van der Waals surface area contributed by atoms with E-state index in [0.717, 1.165) is 0 Å². The Morgan fingerprint density at radius 3 is 0.871 bits per heavy atom. The van der Waals surface area contributed by atoms with E-state index in [0.29, 0.717) is 0 Å². The second-order valence-electron chi connectivity index (χ2n) is 16.5. The Balaban J connectivity index is 1.28. The number of benzene rings is 12. The molecule has 0 amide bonds. The van der Waals surface area contributed by atoms with Crippen LogP contribution in [0.15, 0.2) is 243 Å². The molecule has 0 heteroatoms. The van der Waals surface area contributed by atoms with Gasteiger partial charge in [-0.15, -0.1) is 0 Å². The number of rotatable bonds is 6. The molecule has 0 bridgehead atoms. The van der Waals surface area contributed by atoms with Crippen molar-refractivity contribution >= 4 is 53.9 Å². The highest BCUT2D eigenvalue weighted by molar-refractivity contribution is 6.27. The Morgan fingerprint density at radius 1 is 0.145 bits per heavy atom. The van der Waals surface area contributed by atoms with Gasteiger partial charge in [-0.25, -0.2) is 0 Å². The van der Waals surface area contributed by atoms with Crippen molar-refractivity contribution in [3.8, 4) is 66.8 Å². The zero-order chi connectivity index (χ0) is 41.0. The number of fused-ring (bicyclic) bond motifs is 6. The van der Waals surface area contributed by atoms with Gasteiger partial charge in [0, 0.05) is 0 Å². The fraction of sp³-hybridized carbons (Fsp3) is 0. The quantitative estimate of drug-likeness (QED) is 0.116. The molecule has 0 saturated carbocycles. The maximum atomic E-state index is 2.50. The van der Waals surface area contributed by atoms with Crippen molar-refractivity contribution in [2.24, 2.45) is 0 Å². The van der Waals surface area contributed by atoms with Gasteiger partial charge >= 0.3 is 0 Å². The third kappa shape index (κ3) is 6.24. The third-order valence-corrected chi connectivity index (χ3v) is 12.7. The summed E-state index contributed by atoms with van der Waals surface area (Å²) in [5, 5.41) is 12.4. The molecule has 0 aliphatic carbocycles. The standard InChI is InChI=1S/C62H40/c1-5-17-41(18-6-1)49-31-50(42-19-7-2-8-20-42)34-53(33-49)61-57-37-46-26-13-14-27-47(46)38-58(57)62(60-40-56-48(39-59(60)61)30-29-45-25-15-16-28-55(45)56)54-35-51(43-21-9-3-10-22-43)32-52(36-54)44-23-11-4-12-24-44/h1-40H. The van der Waals surface area contributed by atoms with Crippen molar-refractivity contribution in [1.82, 2.24) is 0 Å². The van der Waals surface area contributed by atoms with E-state index in [4.69, 9.17) is 0 Å². The fourth-order valence-corrected chi connectivity index (χ4v) is 9.77. The molecule has 0 radical (unpaired) electrons. The smallest absolute Gasteiger partial charge is 0.00255 e. The monoisotopic (exact) mass is 784 g/mol. The van der Waals surface area contributed by atoms with Gasteiger partial charge in [0.15, 0.2) is 0 Å². The maximum absolute atomic E-state index is 2.50. The Morgan fingerprint density at radius 2 is 0.452 bits per heavy atom. The molecule has 0 atom stereocenters.